The fourth-order valence-corrected chi connectivity index (χ4v) is 5.52. The summed E-state index contributed by atoms with van der Waals surface area (Å²) in [6.45, 7) is 6.25. The molecule has 4 aliphatic rings. The molecule has 0 amide bonds. The van der Waals surface area contributed by atoms with E-state index in [0.29, 0.717) is 0 Å². The van der Waals surface area contributed by atoms with Gasteiger partial charge in [0.25, 0.3) is 0 Å². The number of likely N-dealkylation sites (N-methyl/N-ethyl adjacent to an activating group) is 1. The molecule has 0 radical (unpaired) electrons. The molecule has 0 saturated heterocycles. The Bertz CT molecular complexity index is 534. The maximum atomic E-state index is 4.31. The Hall–Kier alpha value is -1.28. The molecule has 4 fully saturated rings. The van der Waals surface area contributed by atoms with Gasteiger partial charge in [-0.05, 0) is 62.0 Å². The normalized spacial score (nSPS) is 35.3. The van der Waals surface area contributed by atoms with Gasteiger partial charge in [-0.15, -0.1) is 0 Å². The molecule has 0 aromatic heterocycles. The van der Waals surface area contributed by atoms with Crippen molar-refractivity contribution in [1.29, 1.82) is 0 Å². The first-order chi connectivity index (χ1) is 10.7. The van der Waals surface area contributed by atoms with Crippen LogP contribution in [0.2, 0.25) is 0 Å². The third-order valence-electron chi connectivity index (χ3n) is 6.18. The summed E-state index contributed by atoms with van der Waals surface area (Å²) in [5, 5.41) is 3.82. The predicted octanol–water partition coefficient (Wildman–Crippen LogP) is 3.66. The molecule has 22 heavy (non-hydrogen) atoms. The molecule has 4 aliphatic carbocycles. The van der Waals surface area contributed by atoms with Crippen LogP contribution in [0.5, 0.6) is 0 Å². The van der Waals surface area contributed by atoms with Crippen LogP contribution < -0.4 is 5.32 Å². The van der Waals surface area contributed by atoms with Gasteiger partial charge in [0.2, 0.25) is 0 Å². The highest BCUT2D eigenvalue weighted by Gasteiger charge is 2.53. The quantitative estimate of drug-likeness (QED) is 0.862. The number of hydrogen-bond donors (Lipinski definition) is 1. The molecule has 0 aliphatic heterocycles. The second kappa shape index (κ2) is 5.73. The molecule has 1 aromatic rings. The van der Waals surface area contributed by atoms with E-state index >= 15 is 0 Å². The van der Waals surface area contributed by atoms with Crippen LogP contribution in [-0.2, 0) is 6.54 Å². The Morgan fingerprint density at radius 2 is 1.91 bits per heavy atom. The Balaban J connectivity index is 1.30. The van der Waals surface area contributed by atoms with Gasteiger partial charge in [-0.25, -0.2) is 0 Å². The minimum Gasteiger partial charge on any atom is -0.384 e. The van der Waals surface area contributed by atoms with Crippen LogP contribution in [0.1, 0.15) is 31.2 Å². The molecular formula is C20H28N2. The van der Waals surface area contributed by atoms with Crippen molar-refractivity contribution in [3.05, 3.63) is 48.2 Å². The number of benzene rings is 1. The molecule has 1 aromatic carbocycles. The van der Waals surface area contributed by atoms with Crippen molar-refractivity contribution in [2.24, 2.45) is 23.7 Å². The van der Waals surface area contributed by atoms with Crippen LogP contribution in [0, 0.1) is 23.7 Å². The lowest BCUT2D eigenvalue weighted by Gasteiger charge is -2.34. The Kier molecular flexibility index (Phi) is 3.73. The highest BCUT2D eigenvalue weighted by atomic mass is 15.1. The van der Waals surface area contributed by atoms with Gasteiger partial charge in [0.05, 0.1) is 0 Å². The largest absolute Gasteiger partial charge is 0.384 e. The van der Waals surface area contributed by atoms with Gasteiger partial charge in [0, 0.05) is 24.8 Å². The lowest BCUT2D eigenvalue weighted by atomic mass is 9.79. The summed E-state index contributed by atoms with van der Waals surface area (Å²) in [5.41, 5.74) is 2.58. The summed E-state index contributed by atoms with van der Waals surface area (Å²) in [5.74, 6) is 3.95. The van der Waals surface area contributed by atoms with Crippen molar-refractivity contribution in [2.45, 2.75) is 38.3 Å². The third kappa shape index (κ3) is 2.69. The molecule has 118 valence electrons. The lowest BCUT2D eigenvalue weighted by Crippen LogP contribution is -2.42. The molecule has 0 heterocycles. The van der Waals surface area contributed by atoms with Crippen molar-refractivity contribution < 1.29 is 0 Å². The number of nitrogens with one attached hydrogen (secondary N) is 1. The van der Waals surface area contributed by atoms with Crippen molar-refractivity contribution >= 4 is 0 Å². The molecule has 1 N–H and O–H groups in total. The first-order valence-corrected chi connectivity index (χ1v) is 8.86. The van der Waals surface area contributed by atoms with Crippen LogP contribution in [-0.4, -0.2) is 24.5 Å². The smallest absolute Gasteiger partial charge is 0.0376 e. The van der Waals surface area contributed by atoms with E-state index in [0.717, 1.165) is 42.8 Å². The Morgan fingerprint density at radius 1 is 1.14 bits per heavy atom. The topological polar surface area (TPSA) is 15.3 Å². The first-order valence-electron chi connectivity index (χ1n) is 8.86. The summed E-state index contributed by atoms with van der Waals surface area (Å²) in [7, 11) is 2.19. The van der Waals surface area contributed by atoms with Gasteiger partial charge in [-0.2, -0.15) is 0 Å². The zero-order valence-electron chi connectivity index (χ0n) is 13.7. The highest BCUT2D eigenvalue weighted by molar-refractivity contribution is 5.15. The van der Waals surface area contributed by atoms with E-state index in [-0.39, 0.29) is 0 Å². The second-order valence-corrected chi connectivity index (χ2v) is 7.92. The van der Waals surface area contributed by atoms with E-state index < -0.39 is 0 Å². The van der Waals surface area contributed by atoms with Crippen LogP contribution >= 0.6 is 0 Å². The van der Waals surface area contributed by atoms with E-state index in [4.69, 9.17) is 0 Å². The third-order valence-corrected chi connectivity index (χ3v) is 6.18. The van der Waals surface area contributed by atoms with Crippen LogP contribution in [0.3, 0.4) is 0 Å². The van der Waals surface area contributed by atoms with Gasteiger partial charge in [0.1, 0.15) is 0 Å². The van der Waals surface area contributed by atoms with Crippen LogP contribution in [0.15, 0.2) is 42.6 Å². The van der Waals surface area contributed by atoms with Gasteiger partial charge in [-0.3, -0.25) is 4.90 Å². The van der Waals surface area contributed by atoms with Crippen molar-refractivity contribution in [1.82, 2.24) is 10.2 Å². The average Bonchev–Trinajstić information content (AvgIpc) is 2.90. The van der Waals surface area contributed by atoms with Crippen molar-refractivity contribution in [2.75, 3.05) is 13.6 Å². The number of nitrogens with zero attached hydrogens (tertiary/aromatic N) is 1. The predicted molar refractivity (Wildman–Crippen MR) is 91.3 cm³/mol. The lowest BCUT2D eigenvalue weighted by molar-refractivity contribution is 0.224. The SMILES string of the molecule is C=C(CN(C)Cc1ccccc1)NC1C2CC3CC(C2)C1C3. The highest BCUT2D eigenvalue weighted by Crippen LogP contribution is 2.58. The van der Waals surface area contributed by atoms with Gasteiger partial charge in [0.15, 0.2) is 0 Å². The Labute approximate surface area is 134 Å². The fraction of sp³-hybridized carbons (Fsp3) is 0.600. The maximum Gasteiger partial charge on any atom is 0.0376 e. The van der Waals surface area contributed by atoms with E-state index in [1.165, 1.54) is 36.9 Å². The van der Waals surface area contributed by atoms with Gasteiger partial charge >= 0.3 is 0 Å². The van der Waals surface area contributed by atoms with E-state index in [1.54, 1.807) is 0 Å². The molecule has 0 spiro atoms. The standard InChI is InChI=1S/C20H28N2/c1-14(12-22(2)13-15-6-4-3-5-7-15)21-20-18-9-16-8-17(11-18)19(20)10-16/h3-7,16-21H,1,8-13H2,2H3. The molecule has 4 bridgehead atoms. The minimum atomic E-state index is 0.723. The molecule has 2 heteroatoms. The fourth-order valence-electron chi connectivity index (χ4n) is 5.52. The average molecular weight is 296 g/mol. The summed E-state index contributed by atoms with van der Waals surface area (Å²) in [4.78, 5) is 2.36. The molecule has 4 saturated carbocycles. The molecule has 5 unspecified atom stereocenters. The zero-order valence-corrected chi connectivity index (χ0v) is 13.7. The van der Waals surface area contributed by atoms with Gasteiger partial charge < -0.3 is 5.32 Å². The van der Waals surface area contributed by atoms with Crippen LogP contribution in [0.25, 0.3) is 0 Å². The maximum absolute atomic E-state index is 4.31. The van der Waals surface area contributed by atoms with E-state index in [2.05, 4.69) is 54.2 Å². The molecule has 5 atom stereocenters. The van der Waals surface area contributed by atoms with Gasteiger partial charge in [-0.1, -0.05) is 36.9 Å². The first kappa shape index (κ1) is 14.3. The van der Waals surface area contributed by atoms with Crippen molar-refractivity contribution in [3.8, 4) is 0 Å². The summed E-state index contributed by atoms with van der Waals surface area (Å²) < 4.78 is 0. The number of hydrogen-bond acceptors (Lipinski definition) is 2. The number of rotatable bonds is 6. The van der Waals surface area contributed by atoms with Crippen LogP contribution in [0.4, 0.5) is 0 Å². The van der Waals surface area contributed by atoms with Crippen molar-refractivity contribution in [3.63, 3.8) is 0 Å². The molecule has 5 rings (SSSR count). The summed E-state index contributed by atoms with van der Waals surface area (Å²) in [6, 6.07) is 11.4. The molecule has 2 nitrogen and oxygen atoms in total. The second-order valence-electron chi connectivity index (χ2n) is 7.92. The van der Waals surface area contributed by atoms with E-state index in [9.17, 15) is 0 Å². The van der Waals surface area contributed by atoms with E-state index in [1.807, 2.05) is 0 Å². The molecular weight excluding hydrogens is 268 g/mol. The minimum absolute atomic E-state index is 0.723. The summed E-state index contributed by atoms with van der Waals surface area (Å²) in [6.07, 6.45) is 5.94. The Morgan fingerprint density at radius 3 is 2.68 bits per heavy atom. The zero-order chi connectivity index (χ0) is 15.1. The monoisotopic (exact) mass is 296 g/mol. The summed E-state index contributed by atoms with van der Waals surface area (Å²) >= 11 is 0.